The molecule has 0 aliphatic heterocycles. The van der Waals surface area contributed by atoms with Crippen LogP contribution < -0.4 is 11.5 Å². The Morgan fingerprint density at radius 3 is 2.12 bits per heavy atom. The highest BCUT2D eigenvalue weighted by molar-refractivity contribution is 5.77. The number of hydrogen-bond donors (Lipinski definition) is 2. The molecular formula is C14H18N2. The predicted molar refractivity (Wildman–Crippen MR) is 68.7 cm³/mol. The number of rotatable bonds is 1. The van der Waals surface area contributed by atoms with Gasteiger partial charge in [-0.15, -0.1) is 0 Å². The van der Waals surface area contributed by atoms with E-state index in [1.807, 2.05) is 50.3 Å². The molecule has 0 amide bonds. The normalized spacial score (nSPS) is 33.6. The van der Waals surface area contributed by atoms with Crippen LogP contribution in [0.5, 0.6) is 0 Å². The summed E-state index contributed by atoms with van der Waals surface area (Å²) in [5.74, 6) is 0. The molecule has 0 radical (unpaired) electrons. The average molecular weight is 214 g/mol. The van der Waals surface area contributed by atoms with Gasteiger partial charge >= 0.3 is 0 Å². The summed E-state index contributed by atoms with van der Waals surface area (Å²) in [5.41, 5.74) is 13.7. The highest BCUT2D eigenvalue weighted by Gasteiger charge is 2.36. The van der Waals surface area contributed by atoms with Crippen LogP contribution in [-0.4, -0.2) is 11.1 Å². The molecule has 2 atom stereocenters. The van der Waals surface area contributed by atoms with Gasteiger partial charge in [-0.25, -0.2) is 0 Å². The van der Waals surface area contributed by atoms with E-state index in [9.17, 15) is 0 Å². The van der Waals surface area contributed by atoms with Gasteiger partial charge < -0.3 is 11.5 Å². The van der Waals surface area contributed by atoms with Gasteiger partial charge in [-0.2, -0.15) is 0 Å². The smallest absolute Gasteiger partial charge is 0.0536 e. The minimum atomic E-state index is -0.521. The summed E-state index contributed by atoms with van der Waals surface area (Å²) in [6.07, 6.45) is 6.07. The molecule has 0 fully saturated rings. The lowest BCUT2D eigenvalue weighted by molar-refractivity contribution is 0.385. The fourth-order valence-electron chi connectivity index (χ4n) is 1.78. The van der Waals surface area contributed by atoms with Crippen molar-refractivity contribution in [3.8, 4) is 0 Å². The van der Waals surface area contributed by atoms with Crippen LogP contribution in [0.4, 0.5) is 0 Å². The van der Waals surface area contributed by atoms with Crippen LogP contribution in [0.1, 0.15) is 19.4 Å². The quantitative estimate of drug-likeness (QED) is 0.752. The van der Waals surface area contributed by atoms with Crippen molar-refractivity contribution in [2.75, 3.05) is 0 Å². The summed E-state index contributed by atoms with van der Waals surface area (Å²) in [7, 11) is 0. The van der Waals surface area contributed by atoms with Gasteiger partial charge in [0.25, 0.3) is 0 Å². The summed E-state index contributed by atoms with van der Waals surface area (Å²) in [5, 5.41) is 0. The maximum absolute atomic E-state index is 6.23. The van der Waals surface area contributed by atoms with E-state index in [0.29, 0.717) is 0 Å². The summed E-state index contributed by atoms with van der Waals surface area (Å²) in [4.78, 5) is 0. The van der Waals surface area contributed by atoms with Crippen LogP contribution in [0.2, 0.25) is 0 Å². The highest BCUT2D eigenvalue weighted by Crippen LogP contribution is 2.30. The Labute approximate surface area is 96.6 Å². The van der Waals surface area contributed by atoms with Crippen LogP contribution >= 0.6 is 0 Å². The summed E-state index contributed by atoms with van der Waals surface area (Å²) in [6, 6.07) is 10.2. The predicted octanol–water partition coefficient (Wildman–Crippen LogP) is 2.07. The first-order chi connectivity index (χ1) is 7.42. The average Bonchev–Trinajstić information content (AvgIpc) is 2.23. The van der Waals surface area contributed by atoms with E-state index in [4.69, 9.17) is 11.5 Å². The molecule has 2 nitrogen and oxygen atoms in total. The zero-order valence-corrected chi connectivity index (χ0v) is 9.77. The van der Waals surface area contributed by atoms with Gasteiger partial charge in [0.1, 0.15) is 0 Å². The van der Waals surface area contributed by atoms with Crippen molar-refractivity contribution in [2.24, 2.45) is 11.5 Å². The monoisotopic (exact) mass is 214 g/mol. The van der Waals surface area contributed by atoms with Crippen LogP contribution in [0.25, 0.3) is 5.57 Å². The topological polar surface area (TPSA) is 52.0 Å². The lowest BCUT2D eigenvalue weighted by atomic mass is 9.75. The van der Waals surface area contributed by atoms with Gasteiger partial charge in [-0.1, -0.05) is 48.6 Å². The minimum absolute atomic E-state index is 0.495. The van der Waals surface area contributed by atoms with Crippen LogP contribution in [0.15, 0.2) is 48.6 Å². The second kappa shape index (κ2) is 3.58. The zero-order chi connectivity index (χ0) is 11.8. The van der Waals surface area contributed by atoms with Gasteiger partial charge in [-0.3, -0.25) is 0 Å². The number of benzene rings is 1. The SMILES string of the molecule is CC1(N)C=CC(c2ccccc2)=CC1(C)N. The van der Waals surface area contributed by atoms with Gasteiger partial charge in [0.05, 0.1) is 11.1 Å². The standard InChI is InChI=1S/C14H18N2/c1-13(15)9-8-12(10-14(13,2)16)11-6-4-3-5-7-11/h3-10H,15-16H2,1-2H3. The Morgan fingerprint density at radius 2 is 1.56 bits per heavy atom. The number of hydrogen-bond acceptors (Lipinski definition) is 2. The van der Waals surface area contributed by atoms with Crippen LogP contribution in [-0.2, 0) is 0 Å². The van der Waals surface area contributed by atoms with Crippen molar-refractivity contribution in [2.45, 2.75) is 24.9 Å². The molecule has 4 N–H and O–H groups in total. The summed E-state index contributed by atoms with van der Waals surface area (Å²) < 4.78 is 0. The second-order valence-electron chi connectivity index (χ2n) is 4.86. The molecule has 1 aliphatic carbocycles. The van der Waals surface area contributed by atoms with Crippen molar-refractivity contribution in [3.63, 3.8) is 0 Å². The van der Waals surface area contributed by atoms with E-state index in [0.717, 1.165) is 5.57 Å². The first-order valence-corrected chi connectivity index (χ1v) is 5.48. The molecule has 1 aromatic rings. The van der Waals surface area contributed by atoms with E-state index < -0.39 is 11.1 Å². The van der Waals surface area contributed by atoms with E-state index in [-0.39, 0.29) is 0 Å². The van der Waals surface area contributed by atoms with E-state index >= 15 is 0 Å². The fraction of sp³-hybridized carbons (Fsp3) is 0.286. The Balaban J connectivity index is 2.41. The first-order valence-electron chi connectivity index (χ1n) is 5.48. The molecule has 1 aliphatic rings. The van der Waals surface area contributed by atoms with Gasteiger partial charge in [-0.05, 0) is 25.0 Å². The molecule has 0 saturated heterocycles. The molecular weight excluding hydrogens is 196 g/mol. The molecule has 84 valence electrons. The summed E-state index contributed by atoms with van der Waals surface area (Å²) >= 11 is 0. The van der Waals surface area contributed by atoms with E-state index in [2.05, 4.69) is 12.1 Å². The molecule has 0 heterocycles. The van der Waals surface area contributed by atoms with E-state index in [1.54, 1.807) is 0 Å². The molecule has 2 heteroatoms. The Bertz CT molecular complexity index is 439. The third kappa shape index (κ3) is 1.82. The maximum atomic E-state index is 6.23. The molecule has 0 saturated carbocycles. The Hall–Kier alpha value is -1.38. The molecule has 1 aromatic carbocycles. The van der Waals surface area contributed by atoms with Crippen molar-refractivity contribution in [3.05, 3.63) is 54.1 Å². The Kier molecular flexibility index (Phi) is 2.49. The molecule has 2 unspecified atom stereocenters. The number of nitrogens with two attached hydrogens (primary N) is 2. The van der Waals surface area contributed by atoms with Gasteiger partial charge in [0.15, 0.2) is 0 Å². The lowest BCUT2D eigenvalue weighted by Gasteiger charge is -2.39. The van der Waals surface area contributed by atoms with Crippen molar-refractivity contribution < 1.29 is 0 Å². The van der Waals surface area contributed by atoms with E-state index in [1.165, 1.54) is 5.56 Å². The zero-order valence-electron chi connectivity index (χ0n) is 9.77. The molecule has 0 bridgehead atoms. The van der Waals surface area contributed by atoms with Gasteiger partial charge in [0, 0.05) is 0 Å². The van der Waals surface area contributed by atoms with Crippen LogP contribution in [0.3, 0.4) is 0 Å². The molecule has 0 spiro atoms. The van der Waals surface area contributed by atoms with Crippen molar-refractivity contribution >= 4 is 5.57 Å². The third-order valence-electron chi connectivity index (χ3n) is 3.33. The Morgan fingerprint density at radius 1 is 0.938 bits per heavy atom. The summed E-state index contributed by atoms with van der Waals surface area (Å²) in [6.45, 7) is 3.90. The third-order valence-corrected chi connectivity index (χ3v) is 3.33. The lowest BCUT2D eigenvalue weighted by Crippen LogP contribution is -2.61. The van der Waals surface area contributed by atoms with Crippen molar-refractivity contribution in [1.82, 2.24) is 0 Å². The largest absolute Gasteiger partial charge is 0.320 e. The number of allylic oxidation sites excluding steroid dienone is 2. The maximum Gasteiger partial charge on any atom is 0.0536 e. The van der Waals surface area contributed by atoms with Gasteiger partial charge in [0.2, 0.25) is 0 Å². The van der Waals surface area contributed by atoms with Crippen LogP contribution in [0, 0.1) is 0 Å². The highest BCUT2D eigenvalue weighted by atomic mass is 14.9. The van der Waals surface area contributed by atoms with Crippen molar-refractivity contribution in [1.29, 1.82) is 0 Å². The molecule has 2 rings (SSSR count). The minimum Gasteiger partial charge on any atom is -0.320 e. The first kappa shape index (κ1) is 11.1. The fourth-order valence-corrected chi connectivity index (χ4v) is 1.78. The molecule has 16 heavy (non-hydrogen) atoms. The second-order valence-corrected chi connectivity index (χ2v) is 4.86. The molecule has 0 aromatic heterocycles.